The number of hydrogen-bond acceptors (Lipinski definition) is 3. The average Bonchev–Trinajstić information content (AvgIpc) is 2.27. The van der Waals surface area contributed by atoms with Gasteiger partial charge in [-0.2, -0.15) is 5.10 Å². The number of thioether (sulfide) groups is 1. The van der Waals surface area contributed by atoms with Gasteiger partial charge in [0.05, 0.1) is 6.20 Å². The van der Waals surface area contributed by atoms with Gasteiger partial charge in [-0.25, -0.2) is 0 Å². The van der Waals surface area contributed by atoms with E-state index in [1.165, 1.54) is 4.90 Å². The first-order valence-corrected chi connectivity index (χ1v) is 4.58. The summed E-state index contributed by atoms with van der Waals surface area (Å²) in [6, 6.07) is 0. The van der Waals surface area contributed by atoms with Crippen molar-refractivity contribution in [2.24, 2.45) is 7.05 Å². The molecule has 1 N–H and O–H groups in total. The maximum Gasteiger partial charge on any atom is 0.0625 e. The summed E-state index contributed by atoms with van der Waals surface area (Å²) in [6.07, 6.45) is 3.98. The molecule has 2 rings (SSSR count). The quantitative estimate of drug-likeness (QED) is 0.698. The Morgan fingerprint density at radius 3 is 3.00 bits per heavy atom. The number of aryl methyl sites for hydroxylation is 1. The maximum absolute atomic E-state index is 4.10. The van der Waals surface area contributed by atoms with Crippen molar-refractivity contribution in [3.63, 3.8) is 0 Å². The highest BCUT2D eigenvalue weighted by molar-refractivity contribution is 8.00. The first kappa shape index (κ1) is 7.18. The molecule has 0 saturated carbocycles. The van der Waals surface area contributed by atoms with Crippen LogP contribution < -0.4 is 5.32 Å². The van der Waals surface area contributed by atoms with Crippen LogP contribution in [0.15, 0.2) is 17.3 Å². The third-order valence-electron chi connectivity index (χ3n) is 1.73. The number of hydrogen-bond donors (Lipinski definition) is 1. The van der Waals surface area contributed by atoms with Gasteiger partial charge >= 0.3 is 0 Å². The molecule has 0 amide bonds. The van der Waals surface area contributed by atoms with Crippen molar-refractivity contribution in [2.45, 2.75) is 10.1 Å². The van der Waals surface area contributed by atoms with Crippen LogP contribution in [-0.4, -0.2) is 28.1 Å². The molecule has 1 aromatic heterocycles. The predicted octanol–water partition coefficient (Wildman–Crippen LogP) is 0.484. The molecule has 2 heterocycles. The van der Waals surface area contributed by atoms with Crippen LogP contribution in [0.1, 0.15) is 0 Å². The highest BCUT2D eigenvalue weighted by Gasteiger charge is 2.17. The molecule has 1 saturated heterocycles. The van der Waals surface area contributed by atoms with Crippen LogP contribution in [0.4, 0.5) is 0 Å². The number of nitrogens with zero attached hydrogens (tertiary/aromatic N) is 2. The second-order valence-electron chi connectivity index (χ2n) is 2.75. The van der Waals surface area contributed by atoms with Crippen molar-refractivity contribution < 1.29 is 0 Å². The molecule has 0 spiro atoms. The minimum absolute atomic E-state index is 0.763. The van der Waals surface area contributed by atoms with E-state index in [0.29, 0.717) is 0 Å². The SMILES string of the molecule is Cn1cc(SC2CNC2)cn1. The summed E-state index contributed by atoms with van der Waals surface area (Å²) in [5.41, 5.74) is 0. The van der Waals surface area contributed by atoms with Crippen LogP contribution in [0.2, 0.25) is 0 Å². The predicted molar refractivity (Wildman–Crippen MR) is 45.7 cm³/mol. The fourth-order valence-corrected chi connectivity index (χ4v) is 2.11. The molecule has 0 atom stereocenters. The molecule has 0 unspecified atom stereocenters. The van der Waals surface area contributed by atoms with Crippen LogP contribution in [0.3, 0.4) is 0 Å². The van der Waals surface area contributed by atoms with E-state index >= 15 is 0 Å². The second kappa shape index (κ2) is 2.87. The van der Waals surface area contributed by atoms with E-state index in [1.54, 1.807) is 0 Å². The number of rotatable bonds is 2. The highest BCUT2D eigenvalue weighted by Crippen LogP contribution is 2.24. The maximum atomic E-state index is 4.10. The molecule has 0 aliphatic carbocycles. The van der Waals surface area contributed by atoms with Crippen molar-refractivity contribution in [2.75, 3.05) is 13.1 Å². The highest BCUT2D eigenvalue weighted by atomic mass is 32.2. The summed E-state index contributed by atoms with van der Waals surface area (Å²) in [6.45, 7) is 2.28. The van der Waals surface area contributed by atoms with E-state index in [0.717, 1.165) is 18.3 Å². The van der Waals surface area contributed by atoms with Crippen molar-refractivity contribution in [1.82, 2.24) is 15.1 Å². The van der Waals surface area contributed by atoms with Gasteiger partial charge in [0.2, 0.25) is 0 Å². The molecule has 1 aliphatic rings. The molecule has 11 heavy (non-hydrogen) atoms. The van der Waals surface area contributed by atoms with Crippen molar-refractivity contribution in [3.8, 4) is 0 Å². The first-order chi connectivity index (χ1) is 5.34. The summed E-state index contributed by atoms with van der Waals surface area (Å²) in [7, 11) is 1.95. The van der Waals surface area contributed by atoms with Gasteiger partial charge in [-0.15, -0.1) is 11.8 Å². The summed E-state index contributed by atoms with van der Waals surface area (Å²) in [5.74, 6) is 0. The molecule has 60 valence electrons. The Bertz CT molecular complexity index is 242. The van der Waals surface area contributed by atoms with E-state index < -0.39 is 0 Å². The lowest BCUT2D eigenvalue weighted by Gasteiger charge is -2.25. The number of aromatic nitrogens is 2. The molecule has 1 aromatic rings. The van der Waals surface area contributed by atoms with Gasteiger partial charge < -0.3 is 5.32 Å². The largest absolute Gasteiger partial charge is 0.314 e. The first-order valence-electron chi connectivity index (χ1n) is 3.70. The van der Waals surface area contributed by atoms with Crippen LogP contribution in [0, 0.1) is 0 Å². The molecule has 1 aliphatic heterocycles. The molecule has 0 radical (unpaired) electrons. The smallest absolute Gasteiger partial charge is 0.0625 e. The van der Waals surface area contributed by atoms with Crippen LogP contribution in [0.5, 0.6) is 0 Å². The van der Waals surface area contributed by atoms with Gasteiger partial charge in [0, 0.05) is 36.5 Å². The molecule has 3 nitrogen and oxygen atoms in total. The zero-order valence-electron chi connectivity index (χ0n) is 6.45. The van der Waals surface area contributed by atoms with Crippen molar-refractivity contribution >= 4 is 11.8 Å². The summed E-state index contributed by atoms with van der Waals surface area (Å²) in [5, 5.41) is 8.11. The van der Waals surface area contributed by atoms with Gasteiger partial charge in [0.25, 0.3) is 0 Å². The third kappa shape index (κ3) is 1.57. The van der Waals surface area contributed by atoms with Gasteiger partial charge in [0.15, 0.2) is 0 Å². The van der Waals surface area contributed by atoms with Crippen LogP contribution in [0.25, 0.3) is 0 Å². The third-order valence-corrected chi connectivity index (χ3v) is 2.88. The minimum atomic E-state index is 0.763. The van der Waals surface area contributed by atoms with Gasteiger partial charge in [-0.1, -0.05) is 0 Å². The Morgan fingerprint density at radius 2 is 2.55 bits per heavy atom. The Labute approximate surface area is 70.2 Å². The molecule has 0 aromatic carbocycles. The molecule has 1 fully saturated rings. The van der Waals surface area contributed by atoms with Gasteiger partial charge in [-0.05, 0) is 0 Å². The van der Waals surface area contributed by atoms with Crippen LogP contribution >= 0.6 is 11.8 Å². The lowest BCUT2D eigenvalue weighted by molar-refractivity contribution is 0.544. The minimum Gasteiger partial charge on any atom is -0.314 e. The van der Waals surface area contributed by atoms with E-state index in [1.807, 2.05) is 29.7 Å². The molecular formula is C7H11N3S. The van der Waals surface area contributed by atoms with Crippen molar-refractivity contribution in [1.29, 1.82) is 0 Å². The van der Waals surface area contributed by atoms with E-state index in [-0.39, 0.29) is 0 Å². The summed E-state index contributed by atoms with van der Waals surface area (Å²) < 4.78 is 1.84. The van der Waals surface area contributed by atoms with Crippen molar-refractivity contribution in [3.05, 3.63) is 12.4 Å². The lowest BCUT2D eigenvalue weighted by Crippen LogP contribution is -2.44. The zero-order chi connectivity index (χ0) is 7.68. The molecule has 4 heteroatoms. The van der Waals surface area contributed by atoms with E-state index in [9.17, 15) is 0 Å². The standard InChI is InChI=1S/C7H11N3S/c1-10-5-7(4-9-10)11-6-2-8-3-6/h4-6,8H,2-3H2,1H3. The summed E-state index contributed by atoms with van der Waals surface area (Å²) in [4.78, 5) is 1.28. The van der Waals surface area contributed by atoms with Gasteiger partial charge in [-0.3, -0.25) is 4.68 Å². The normalized spacial score (nSPS) is 18.3. The Balaban J connectivity index is 1.95. The van der Waals surface area contributed by atoms with Crippen LogP contribution in [-0.2, 0) is 7.05 Å². The van der Waals surface area contributed by atoms with Gasteiger partial charge in [0.1, 0.15) is 0 Å². The van der Waals surface area contributed by atoms with E-state index in [2.05, 4.69) is 16.6 Å². The summed E-state index contributed by atoms with van der Waals surface area (Å²) >= 11 is 1.91. The topological polar surface area (TPSA) is 29.9 Å². The molecular weight excluding hydrogens is 158 g/mol. The Kier molecular flexibility index (Phi) is 1.87. The fraction of sp³-hybridized carbons (Fsp3) is 0.571. The monoisotopic (exact) mass is 169 g/mol. The fourth-order valence-electron chi connectivity index (χ4n) is 0.998. The molecule has 0 bridgehead atoms. The van der Waals surface area contributed by atoms with E-state index in [4.69, 9.17) is 0 Å². The average molecular weight is 169 g/mol. The zero-order valence-corrected chi connectivity index (χ0v) is 7.27. The number of nitrogens with one attached hydrogen (secondary N) is 1. The Hall–Kier alpha value is -0.480. The lowest BCUT2D eigenvalue weighted by atomic mass is 10.3. The Morgan fingerprint density at radius 1 is 1.73 bits per heavy atom. The second-order valence-corrected chi connectivity index (χ2v) is 4.12.